The summed E-state index contributed by atoms with van der Waals surface area (Å²) in [4.78, 5) is 15.0. The van der Waals surface area contributed by atoms with E-state index in [1.807, 2.05) is 42.5 Å². The van der Waals surface area contributed by atoms with Crippen molar-refractivity contribution in [2.45, 2.75) is 31.6 Å². The van der Waals surface area contributed by atoms with Crippen LogP contribution >= 0.6 is 0 Å². The van der Waals surface area contributed by atoms with Crippen molar-refractivity contribution in [1.82, 2.24) is 19.4 Å². The maximum absolute atomic E-state index is 13.1. The Labute approximate surface area is 176 Å². The number of aromatic amines is 1. The molecule has 4 rings (SSSR count). The summed E-state index contributed by atoms with van der Waals surface area (Å²) in [7, 11) is -3.64. The van der Waals surface area contributed by atoms with Crippen molar-refractivity contribution in [1.29, 1.82) is 0 Å². The van der Waals surface area contributed by atoms with Gasteiger partial charge in [-0.1, -0.05) is 42.5 Å². The number of hydrogen-bond donors (Lipinski definition) is 1. The first kappa shape index (κ1) is 20.6. The molecular formula is C22H26N4O3S. The number of nitrogens with zero attached hydrogens (tertiary/aromatic N) is 3. The maximum atomic E-state index is 13.1. The predicted molar refractivity (Wildman–Crippen MR) is 116 cm³/mol. The number of carbonyl (C=O) groups is 1. The Balaban J connectivity index is 1.48. The first-order valence-electron chi connectivity index (χ1n) is 10.1. The van der Waals surface area contributed by atoms with E-state index in [-0.39, 0.29) is 17.3 Å². The second kappa shape index (κ2) is 8.20. The van der Waals surface area contributed by atoms with Crippen LogP contribution in [0.1, 0.15) is 23.4 Å². The van der Waals surface area contributed by atoms with Crippen molar-refractivity contribution in [2.75, 3.05) is 26.2 Å². The van der Waals surface area contributed by atoms with Crippen molar-refractivity contribution in [3.63, 3.8) is 0 Å². The minimum atomic E-state index is -3.64. The van der Waals surface area contributed by atoms with Gasteiger partial charge in [-0.25, -0.2) is 8.42 Å². The quantitative estimate of drug-likeness (QED) is 0.695. The van der Waals surface area contributed by atoms with E-state index in [0.717, 1.165) is 16.3 Å². The number of aryl methyl sites for hydroxylation is 2. The molecule has 1 aliphatic heterocycles. The average molecular weight is 427 g/mol. The Kier molecular flexibility index (Phi) is 5.62. The molecule has 1 fully saturated rings. The van der Waals surface area contributed by atoms with Gasteiger partial charge in [0.05, 0.1) is 17.8 Å². The lowest BCUT2D eigenvalue weighted by atomic mass is 10.0. The highest BCUT2D eigenvalue weighted by Gasteiger charge is 2.31. The van der Waals surface area contributed by atoms with Crippen molar-refractivity contribution >= 4 is 26.7 Å². The fraction of sp³-hybridized carbons (Fsp3) is 0.364. The van der Waals surface area contributed by atoms with E-state index in [0.29, 0.717) is 43.9 Å². The zero-order valence-electron chi connectivity index (χ0n) is 17.3. The van der Waals surface area contributed by atoms with Crippen molar-refractivity contribution in [3.05, 3.63) is 59.4 Å². The van der Waals surface area contributed by atoms with Gasteiger partial charge in [0, 0.05) is 26.2 Å². The lowest BCUT2D eigenvalue weighted by Gasteiger charge is -2.22. The summed E-state index contributed by atoms with van der Waals surface area (Å²) in [5, 5.41) is 8.96. The van der Waals surface area contributed by atoms with E-state index in [2.05, 4.69) is 10.2 Å². The molecule has 1 aromatic heterocycles. The van der Waals surface area contributed by atoms with Crippen LogP contribution in [0.25, 0.3) is 10.8 Å². The third-order valence-corrected chi connectivity index (χ3v) is 7.85. The normalized spacial score (nSPS) is 16.0. The van der Waals surface area contributed by atoms with E-state index in [9.17, 15) is 13.2 Å². The highest BCUT2D eigenvalue weighted by atomic mass is 32.2. The van der Waals surface area contributed by atoms with Crippen molar-refractivity contribution < 1.29 is 13.2 Å². The SMILES string of the molecule is Cc1n[nH]c(C)c1S(=O)(=O)N1CCCN(C(=O)Cc2cccc3ccccc23)CC1. The number of fused-ring (bicyclic) bond motifs is 1. The van der Waals surface area contributed by atoms with Gasteiger partial charge < -0.3 is 4.90 Å². The number of rotatable bonds is 4. The average Bonchev–Trinajstić information content (AvgIpc) is 2.93. The minimum absolute atomic E-state index is 0.0290. The van der Waals surface area contributed by atoms with Crippen molar-refractivity contribution in [2.24, 2.45) is 0 Å². The number of hydrogen-bond acceptors (Lipinski definition) is 4. The Morgan fingerprint density at radius 1 is 1.03 bits per heavy atom. The van der Waals surface area contributed by atoms with Crippen LogP contribution < -0.4 is 0 Å². The van der Waals surface area contributed by atoms with Crippen LogP contribution in [-0.2, 0) is 21.2 Å². The van der Waals surface area contributed by atoms with Gasteiger partial charge in [0.2, 0.25) is 15.9 Å². The number of nitrogens with one attached hydrogen (secondary N) is 1. The molecular weight excluding hydrogens is 400 g/mol. The summed E-state index contributed by atoms with van der Waals surface area (Å²) in [6.45, 7) is 5.02. The van der Waals surface area contributed by atoms with Gasteiger partial charge in [-0.05, 0) is 36.6 Å². The molecule has 0 saturated carbocycles. The van der Waals surface area contributed by atoms with Crippen LogP contribution in [-0.4, -0.2) is 59.9 Å². The predicted octanol–water partition coefficient (Wildman–Crippen LogP) is 2.65. The summed E-state index contributed by atoms with van der Waals surface area (Å²) in [6, 6.07) is 14.0. The molecule has 2 aromatic carbocycles. The lowest BCUT2D eigenvalue weighted by molar-refractivity contribution is -0.130. The van der Waals surface area contributed by atoms with Gasteiger partial charge in [-0.3, -0.25) is 9.89 Å². The van der Waals surface area contributed by atoms with Crippen LogP contribution in [0.15, 0.2) is 47.4 Å². The molecule has 0 unspecified atom stereocenters. The Bertz CT molecular complexity index is 1160. The summed E-state index contributed by atoms with van der Waals surface area (Å²) in [5.41, 5.74) is 2.01. The lowest BCUT2D eigenvalue weighted by Crippen LogP contribution is -2.38. The third-order valence-electron chi connectivity index (χ3n) is 5.69. The van der Waals surface area contributed by atoms with Crippen molar-refractivity contribution in [3.8, 4) is 0 Å². The molecule has 1 amide bonds. The fourth-order valence-corrected chi connectivity index (χ4v) is 5.96. The van der Waals surface area contributed by atoms with Crippen LogP contribution in [0.3, 0.4) is 0 Å². The minimum Gasteiger partial charge on any atom is -0.341 e. The van der Waals surface area contributed by atoms with E-state index in [1.165, 1.54) is 4.31 Å². The number of sulfonamides is 1. The highest BCUT2D eigenvalue weighted by molar-refractivity contribution is 7.89. The zero-order valence-corrected chi connectivity index (χ0v) is 18.1. The molecule has 3 aromatic rings. The zero-order chi connectivity index (χ0) is 21.3. The molecule has 30 heavy (non-hydrogen) atoms. The van der Waals surface area contributed by atoms with Crippen LogP contribution in [0.4, 0.5) is 0 Å². The number of amides is 1. The van der Waals surface area contributed by atoms with Gasteiger partial charge >= 0.3 is 0 Å². The molecule has 8 heteroatoms. The number of H-pyrrole nitrogens is 1. The second-order valence-corrected chi connectivity index (χ2v) is 9.59. The molecule has 158 valence electrons. The number of aromatic nitrogens is 2. The van der Waals surface area contributed by atoms with Gasteiger partial charge in [0.15, 0.2) is 0 Å². The topological polar surface area (TPSA) is 86.4 Å². The molecule has 1 N–H and O–H groups in total. The molecule has 0 aliphatic carbocycles. The first-order valence-corrected chi connectivity index (χ1v) is 11.6. The fourth-order valence-electron chi connectivity index (χ4n) is 4.15. The third kappa shape index (κ3) is 3.85. The summed E-state index contributed by atoms with van der Waals surface area (Å²) >= 11 is 0. The Morgan fingerprint density at radius 2 is 1.80 bits per heavy atom. The molecule has 1 aliphatic rings. The van der Waals surface area contributed by atoms with Gasteiger partial charge in [-0.2, -0.15) is 9.40 Å². The van der Waals surface area contributed by atoms with E-state index in [4.69, 9.17) is 0 Å². The molecule has 1 saturated heterocycles. The van der Waals surface area contributed by atoms with Gasteiger partial charge in [0.25, 0.3) is 0 Å². The van der Waals surface area contributed by atoms with Crippen LogP contribution in [0, 0.1) is 13.8 Å². The van der Waals surface area contributed by atoms with Crippen LogP contribution in [0.2, 0.25) is 0 Å². The monoisotopic (exact) mass is 426 g/mol. The largest absolute Gasteiger partial charge is 0.341 e. The molecule has 0 spiro atoms. The smallest absolute Gasteiger partial charge is 0.246 e. The molecule has 0 radical (unpaired) electrons. The highest BCUT2D eigenvalue weighted by Crippen LogP contribution is 2.23. The molecule has 0 atom stereocenters. The molecule has 7 nitrogen and oxygen atoms in total. The van der Waals surface area contributed by atoms with E-state index in [1.54, 1.807) is 18.7 Å². The Morgan fingerprint density at radius 3 is 2.57 bits per heavy atom. The second-order valence-electron chi connectivity index (χ2n) is 7.72. The molecule has 2 heterocycles. The van der Waals surface area contributed by atoms with Crippen LogP contribution in [0.5, 0.6) is 0 Å². The first-order chi connectivity index (χ1) is 14.4. The standard InChI is InChI=1S/C22H26N4O3S/c1-16-22(17(2)24-23-16)30(28,29)26-12-6-11-25(13-14-26)21(27)15-19-9-5-8-18-7-3-4-10-20(18)19/h3-5,7-10H,6,11-15H2,1-2H3,(H,23,24). The van der Waals surface area contributed by atoms with Gasteiger partial charge in [-0.15, -0.1) is 0 Å². The summed E-state index contributed by atoms with van der Waals surface area (Å²) in [6.07, 6.45) is 0.921. The summed E-state index contributed by atoms with van der Waals surface area (Å²) < 4.78 is 27.7. The maximum Gasteiger partial charge on any atom is 0.246 e. The van der Waals surface area contributed by atoms with Gasteiger partial charge in [0.1, 0.15) is 4.90 Å². The van der Waals surface area contributed by atoms with E-state index >= 15 is 0 Å². The van der Waals surface area contributed by atoms with E-state index < -0.39 is 10.0 Å². The number of carbonyl (C=O) groups excluding carboxylic acids is 1. The number of benzene rings is 2. The summed E-state index contributed by atoms with van der Waals surface area (Å²) in [5.74, 6) is 0.0290. The molecule has 0 bridgehead atoms. The Hall–Kier alpha value is -2.71.